The SMILES string of the molecule is O=C(O)Cc1nc(C23CC4CC(CC(C4)C2)C3)cs1. The minimum Gasteiger partial charge on any atom is -0.481 e. The Kier molecular flexibility index (Phi) is 2.53. The van der Waals surface area contributed by atoms with Crippen LogP contribution in [0.25, 0.3) is 0 Å². The molecule has 4 fully saturated rings. The van der Waals surface area contributed by atoms with Gasteiger partial charge in [0, 0.05) is 10.8 Å². The summed E-state index contributed by atoms with van der Waals surface area (Å²) in [6.07, 6.45) is 8.29. The van der Waals surface area contributed by atoms with Gasteiger partial charge in [0.25, 0.3) is 0 Å². The maximum atomic E-state index is 10.8. The Balaban J connectivity index is 1.64. The Bertz CT molecular complexity index is 487. The molecule has 0 aromatic carbocycles. The van der Waals surface area contributed by atoms with E-state index >= 15 is 0 Å². The molecule has 1 aromatic heterocycles. The number of carboxylic acid groups (broad SMARTS) is 1. The van der Waals surface area contributed by atoms with Crippen molar-refractivity contribution in [3.63, 3.8) is 0 Å². The summed E-state index contributed by atoms with van der Waals surface area (Å²) in [7, 11) is 0. The molecule has 4 bridgehead atoms. The minimum atomic E-state index is -0.772. The summed E-state index contributed by atoms with van der Waals surface area (Å²) in [6, 6.07) is 0. The second-order valence-corrected chi connectivity index (χ2v) is 7.84. The number of hydrogen-bond donors (Lipinski definition) is 1. The van der Waals surface area contributed by atoms with Crippen molar-refractivity contribution in [1.82, 2.24) is 4.98 Å². The van der Waals surface area contributed by atoms with Gasteiger partial charge < -0.3 is 5.11 Å². The lowest BCUT2D eigenvalue weighted by Crippen LogP contribution is -2.48. The van der Waals surface area contributed by atoms with Crippen LogP contribution in [0.5, 0.6) is 0 Å². The lowest BCUT2D eigenvalue weighted by atomic mass is 9.49. The number of carboxylic acids is 1. The number of rotatable bonds is 3. The Morgan fingerprint density at radius 1 is 1.26 bits per heavy atom. The molecule has 0 spiro atoms. The predicted molar refractivity (Wildman–Crippen MR) is 73.3 cm³/mol. The van der Waals surface area contributed by atoms with E-state index in [1.54, 1.807) is 0 Å². The highest BCUT2D eigenvalue weighted by atomic mass is 32.1. The highest BCUT2D eigenvalue weighted by Crippen LogP contribution is 2.60. The van der Waals surface area contributed by atoms with Crippen molar-refractivity contribution in [3.8, 4) is 0 Å². The van der Waals surface area contributed by atoms with Crippen LogP contribution in [0.15, 0.2) is 5.38 Å². The van der Waals surface area contributed by atoms with Gasteiger partial charge in [-0.05, 0) is 56.3 Å². The quantitative estimate of drug-likeness (QED) is 0.922. The monoisotopic (exact) mass is 277 g/mol. The lowest BCUT2D eigenvalue weighted by Gasteiger charge is -2.56. The Morgan fingerprint density at radius 2 is 1.84 bits per heavy atom. The molecule has 4 aliphatic carbocycles. The lowest BCUT2D eigenvalue weighted by molar-refractivity contribution is -0.136. The fourth-order valence-electron chi connectivity index (χ4n) is 5.19. The van der Waals surface area contributed by atoms with Gasteiger partial charge in [0.05, 0.1) is 12.1 Å². The fraction of sp³-hybridized carbons (Fsp3) is 0.733. The molecule has 19 heavy (non-hydrogen) atoms. The molecule has 0 radical (unpaired) electrons. The largest absolute Gasteiger partial charge is 0.481 e. The number of aromatic nitrogens is 1. The van der Waals surface area contributed by atoms with E-state index < -0.39 is 5.97 Å². The molecular formula is C15H19NO2S. The summed E-state index contributed by atoms with van der Waals surface area (Å²) in [4.78, 5) is 15.5. The zero-order chi connectivity index (χ0) is 13.0. The Morgan fingerprint density at radius 3 is 2.37 bits per heavy atom. The van der Waals surface area contributed by atoms with Crippen molar-refractivity contribution in [3.05, 3.63) is 16.1 Å². The topological polar surface area (TPSA) is 50.2 Å². The summed E-state index contributed by atoms with van der Waals surface area (Å²) in [5.41, 5.74) is 1.52. The number of carbonyl (C=O) groups is 1. The van der Waals surface area contributed by atoms with E-state index in [0.717, 1.165) is 22.8 Å². The second kappa shape index (κ2) is 4.05. The van der Waals surface area contributed by atoms with Crippen molar-refractivity contribution in [2.45, 2.75) is 50.4 Å². The first-order chi connectivity index (χ1) is 9.13. The van der Waals surface area contributed by atoms with Crippen LogP contribution in [0.4, 0.5) is 0 Å². The van der Waals surface area contributed by atoms with Crippen molar-refractivity contribution in [2.24, 2.45) is 17.8 Å². The molecule has 5 rings (SSSR count). The molecule has 0 atom stereocenters. The van der Waals surface area contributed by atoms with Crippen molar-refractivity contribution in [1.29, 1.82) is 0 Å². The van der Waals surface area contributed by atoms with Gasteiger partial charge in [0.1, 0.15) is 5.01 Å². The Labute approximate surface area is 117 Å². The van der Waals surface area contributed by atoms with Crippen LogP contribution in [0.3, 0.4) is 0 Å². The molecular weight excluding hydrogens is 258 g/mol. The second-order valence-electron chi connectivity index (χ2n) is 6.89. The average molecular weight is 277 g/mol. The van der Waals surface area contributed by atoms with Crippen LogP contribution in [0, 0.1) is 17.8 Å². The smallest absolute Gasteiger partial charge is 0.310 e. The predicted octanol–water partition coefficient (Wildman–Crippen LogP) is 3.24. The summed E-state index contributed by atoms with van der Waals surface area (Å²) in [5.74, 6) is 1.97. The van der Waals surface area contributed by atoms with Crippen LogP contribution < -0.4 is 0 Å². The van der Waals surface area contributed by atoms with E-state index in [2.05, 4.69) is 10.4 Å². The first kappa shape index (κ1) is 11.9. The van der Waals surface area contributed by atoms with Gasteiger partial charge in [0.2, 0.25) is 0 Å². The zero-order valence-corrected chi connectivity index (χ0v) is 11.8. The van der Waals surface area contributed by atoms with E-state index in [0.29, 0.717) is 5.41 Å². The van der Waals surface area contributed by atoms with Crippen LogP contribution >= 0.6 is 11.3 Å². The minimum absolute atomic E-state index is 0.0804. The third-order valence-electron chi connectivity index (χ3n) is 5.44. The molecule has 102 valence electrons. The molecule has 0 unspecified atom stereocenters. The van der Waals surface area contributed by atoms with Crippen molar-refractivity contribution in [2.75, 3.05) is 0 Å². The van der Waals surface area contributed by atoms with Gasteiger partial charge in [-0.3, -0.25) is 4.79 Å². The molecule has 4 heteroatoms. The molecule has 0 aliphatic heterocycles. The number of nitrogens with zero attached hydrogens (tertiary/aromatic N) is 1. The zero-order valence-electron chi connectivity index (χ0n) is 11.0. The third kappa shape index (κ3) is 1.92. The summed E-state index contributed by atoms with van der Waals surface area (Å²) in [5, 5.41) is 11.8. The van der Waals surface area contributed by atoms with E-state index in [9.17, 15) is 4.79 Å². The van der Waals surface area contributed by atoms with Crippen LogP contribution in [-0.4, -0.2) is 16.1 Å². The molecule has 4 aliphatic rings. The van der Waals surface area contributed by atoms with E-state index in [4.69, 9.17) is 5.11 Å². The highest BCUT2D eigenvalue weighted by molar-refractivity contribution is 7.09. The maximum absolute atomic E-state index is 10.8. The molecule has 1 aromatic rings. The van der Waals surface area contributed by atoms with Gasteiger partial charge in [-0.25, -0.2) is 4.98 Å². The van der Waals surface area contributed by atoms with Crippen LogP contribution in [0.1, 0.15) is 49.2 Å². The maximum Gasteiger partial charge on any atom is 0.310 e. The van der Waals surface area contributed by atoms with Gasteiger partial charge in [0.15, 0.2) is 0 Å². The first-order valence-electron chi connectivity index (χ1n) is 7.30. The van der Waals surface area contributed by atoms with Crippen LogP contribution in [-0.2, 0) is 16.6 Å². The van der Waals surface area contributed by atoms with Gasteiger partial charge in [-0.1, -0.05) is 0 Å². The van der Waals surface area contributed by atoms with Gasteiger partial charge in [-0.2, -0.15) is 0 Å². The van der Waals surface area contributed by atoms with E-state index in [1.807, 2.05) is 0 Å². The van der Waals surface area contributed by atoms with Crippen molar-refractivity contribution >= 4 is 17.3 Å². The van der Waals surface area contributed by atoms with Crippen molar-refractivity contribution < 1.29 is 9.90 Å². The molecule has 4 saturated carbocycles. The van der Waals surface area contributed by atoms with E-state index in [1.165, 1.54) is 55.6 Å². The average Bonchev–Trinajstić information content (AvgIpc) is 2.75. The standard InChI is InChI=1S/C15H19NO2S/c17-14(18)4-13-16-12(8-19-13)15-5-9-1-10(6-15)3-11(2-9)7-15/h8-11H,1-7H2,(H,17,18). The summed E-state index contributed by atoms with van der Waals surface area (Å²) >= 11 is 1.53. The molecule has 3 nitrogen and oxygen atoms in total. The van der Waals surface area contributed by atoms with Gasteiger partial charge >= 0.3 is 5.97 Å². The molecule has 0 amide bonds. The molecule has 1 N–H and O–H groups in total. The third-order valence-corrected chi connectivity index (χ3v) is 6.28. The van der Waals surface area contributed by atoms with E-state index in [-0.39, 0.29) is 6.42 Å². The number of hydrogen-bond acceptors (Lipinski definition) is 3. The fourth-order valence-corrected chi connectivity index (χ4v) is 6.10. The normalized spacial score (nSPS) is 39.7. The highest BCUT2D eigenvalue weighted by Gasteiger charge is 2.52. The first-order valence-corrected chi connectivity index (χ1v) is 8.18. The van der Waals surface area contributed by atoms with Crippen LogP contribution in [0.2, 0.25) is 0 Å². The van der Waals surface area contributed by atoms with Gasteiger partial charge in [-0.15, -0.1) is 11.3 Å². The summed E-state index contributed by atoms with van der Waals surface area (Å²) < 4.78 is 0. The number of aliphatic carboxylic acids is 1. The number of thiazole rings is 1. The molecule has 1 heterocycles. The molecule has 0 saturated heterocycles. The summed E-state index contributed by atoms with van der Waals surface area (Å²) in [6.45, 7) is 0. The Hall–Kier alpha value is -0.900.